The topological polar surface area (TPSA) is 34.1 Å². The molecule has 0 aromatic heterocycles. The Hall–Kier alpha value is -0.660. The lowest BCUT2D eigenvalue weighted by Crippen LogP contribution is -2.11. The summed E-state index contributed by atoms with van der Waals surface area (Å²) in [6, 6.07) is 0. The third kappa shape index (κ3) is 2.43. The second-order valence-electron chi connectivity index (χ2n) is 3.97. The fraction of sp³-hybridized carbons (Fsp3) is 0.800. The third-order valence-electron chi connectivity index (χ3n) is 2.48. The normalized spacial score (nSPS) is 23.6. The van der Waals surface area contributed by atoms with Gasteiger partial charge in [0, 0.05) is 25.2 Å². The molecule has 0 radical (unpaired) electrons. The molecule has 1 aliphatic carbocycles. The van der Waals surface area contributed by atoms with Gasteiger partial charge in [0.15, 0.2) is 0 Å². The van der Waals surface area contributed by atoms with Crippen LogP contribution in [0.4, 0.5) is 0 Å². The Balaban J connectivity index is 2.32. The van der Waals surface area contributed by atoms with Gasteiger partial charge in [0.25, 0.3) is 0 Å². The van der Waals surface area contributed by atoms with Gasteiger partial charge in [-0.1, -0.05) is 13.8 Å². The summed E-state index contributed by atoms with van der Waals surface area (Å²) in [6.07, 6.45) is 2.87. The van der Waals surface area contributed by atoms with Gasteiger partial charge in [-0.2, -0.15) is 0 Å². The van der Waals surface area contributed by atoms with Crippen LogP contribution >= 0.6 is 0 Å². The highest BCUT2D eigenvalue weighted by molar-refractivity contribution is 5.84. The van der Waals surface area contributed by atoms with Crippen molar-refractivity contribution < 1.29 is 9.59 Å². The average Bonchev–Trinajstić information content (AvgIpc) is 2.35. The Morgan fingerprint density at radius 1 is 1.58 bits per heavy atom. The lowest BCUT2D eigenvalue weighted by Gasteiger charge is -2.08. The largest absolute Gasteiger partial charge is 0.300 e. The van der Waals surface area contributed by atoms with E-state index in [0.29, 0.717) is 36.7 Å². The van der Waals surface area contributed by atoms with Gasteiger partial charge < -0.3 is 0 Å². The number of ketones is 2. The van der Waals surface area contributed by atoms with E-state index in [1.54, 1.807) is 0 Å². The minimum atomic E-state index is 0.126. The van der Waals surface area contributed by atoms with Crippen molar-refractivity contribution >= 4 is 11.6 Å². The van der Waals surface area contributed by atoms with E-state index in [4.69, 9.17) is 0 Å². The van der Waals surface area contributed by atoms with E-state index < -0.39 is 0 Å². The molecule has 1 aliphatic rings. The van der Waals surface area contributed by atoms with E-state index in [1.807, 2.05) is 13.8 Å². The van der Waals surface area contributed by atoms with Crippen LogP contribution < -0.4 is 0 Å². The molecule has 1 rings (SSSR count). The number of carbonyl (C=O) groups is 2. The Morgan fingerprint density at radius 2 is 2.25 bits per heavy atom. The molecule has 0 aromatic rings. The summed E-state index contributed by atoms with van der Waals surface area (Å²) in [5.41, 5.74) is 0. The lowest BCUT2D eigenvalue weighted by atomic mass is 9.95. The van der Waals surface area contributed by atoms with E-state index in [-0.39, 0.29) is 5.92 Å². The first kappa shape index (κ1) is 9.43. The summed E-state index contributed by atoms with van der Waals surface area (Å²) >= 11 is 0. The average molecular weight is 168 g/mol. The van der Waals surface area contributed by atoms with Crippen LogP contribution in [0.5, 0.6) is 0 Å². The summed E-state index contributed by atoms with van der Waals surface area (Å²) in [5, 5.41) is 0. The number of Topliss-reactive ketones (excluding diaryl/α,β-unsaturated/α-hetero) is 2. The Morgan fingerprint density at radius 3 is 2.67 bits per heavy atom. The van der Waals surface area contributed by atoms with Gasteiger partial charge in [-0.3, -0.25) is 9.59 Å². The van der Waals surface area contributed by atoms with Crippen molar-refractivity contribution in [1.29, 1.82) is 0 Å². The first-order valence-electron chi connectivity index (χ1n) is 4.64. The number of rotatable bonds is 3. The van der Waals surface area contributed by atoms with Gasteiger partial charge in [0.2, 0.25) is 0 Å². The fourth-order valence-corrected chi connectivity index (χ4v) is 1.59. The molecule has 0 heterocycles. The minimum Gasteiger partial charge on any atom is -0.300 e. The highest BCUT2D eigenvalue weighted by atomic mass is 16.1. The molecule has 12 heavy (non-hydrogen) atoms. The molecule has 0 N–H and O–H groups in total. The predicted molar refractivity (Wildman–Crippen MR) is 46.8 cm³/mol. The van der Waals surface area contributed by atoms with Crippen molar-refractivity contribution in [3.05, 3.63) is 0 Å². The Kier molecular flexibility index (Phi) is 3.01. The summed E-state index contributed by atoms with van der Waals surface area (Å²) in [5.74, 6) is 1.11. The van der Waals surface area contributed by atoms with E-state index in [2.05, 4.69) is 0 Å². The molecular formula is C10H16O2. The maximum absolute atomic E-state index is 11.3. The van der Waals surface area contributed by atoms with Crippen molar-refractivity contribution in [2.75, 3.05) is 0 Å². The van der Waals surface area contributed by atoms with Crippen molar-refractivity contribution in [2.45, 2.75) is 39.5 Å². The monoisotopic (exact) mass is 168 g/mol. The van der Waals surface area contributed by atoms with Gasteiger partial charge in [0.05, 0.1) is 0 Å². The number of hydrogen-bond donors (Lipinski definition) is 0. The van der Waals surface area contributed by atoms with E-state index in [9.17, 15) is 9.59 Å². The van der Waals surface area contributed by atoms with Crippen LogP contribution in [-0.2, 0) is 9.59 Å². The zero-order valence-electron chi connectivity index (χ0n) is 7.80. The van der Waals surface area contributed by atoms with Crippen LogP contribution in [0.2, 0.25) is 0 Å². The van der Waals surface area contributed by atoms with Crippen molar-refractivity contribution in [2.24, 2.45) is 11.8 Å². The number of carbonyl (C=O) groups excluding carboxylic acids is 2. The van der Waals surface area contributed by atoms with Crippen LogP contribution in [0.1, 0.15) is 39.5 Å². The quantitative estimate of drug-likeness (QED) is 0.645. The molecule has 1 fully saturated rings. The molecule has 1 atom stereocenters. The fourth-order valence-electron chi connectivity index (χ4n) is 1.59. The van der Waals surface area contributed by atoms with Gasteiger partial charge in [0.1, 0.15) is 11.6 Å². The van der Waals surface area contributed by atoms with Crippen LogP contribution in [0, 0.1) is 11.8 Å². The standard InChI is InChI=1S/C10H16O2/c1-7(2)10(12)6-8-3-4-9(11)5-8/h7-8H,3-6H2,1-2H3/t8-/m1/s1. The minimum absolute atomic E-state index is 0.126. The maximum atomic E-state index is 11.3. The van der Waals surface area contributed by atoms with Crippen molar-refractivity contribution in [3.8, 4) is 0 Å². The Labute approximate surface area is 73.3 Å². The summed E-state index contributed by atoms with van der Waals surface area (Å²) in [4.78, 5) is 22.2. The zero-order chi connectivity index (χ0) is 9.14. The van der Waals surface area contributed by atoms with Crippen LogP contribution in [0.3, 0.4) is 0 Å². The van der Waals surface area contributed by atoms with Gasteiger partial charge >= 0.3 is 0 Å². The highest BCUT2D eigenvalue weighted by Crippen LogP contribution is 2.26. The summed E-state index contributed by atoms with van der Waals surface area (Å²) < 4.78 is 0. The van der Waals surface area contributed by atoms with E-state index >= 15 is 0 Å². The molecule has 2 nitrogen and oxygen atoms in total. The molecule has 0 spiro atoms. The molecule has 2 heteroatoms. The molecular weight excluding hydrogens is 152 g/mol. The second-order valence-corrected chi connectivity index (χ2v) is 3.97. The molecule has 1 saturated carbocycles. The number of hydrogen-bond acceptors (Lipinski definition) is 2. The van der Waals surface area contributed by atoms with Crippen LogP contribution in [0.15, 0.2) is 0 Å². The first-order valence-corrected chi connectivity index (χ1v) is 4.64. The maximum Gasteiger partial charge on any atom is 0.135 e. The summed E-state index contributed by atoms with van der Waals surface area (Å²) in [7, 11) is 0. The zero-order valence-corrected chi connectivity index (χ0v) is 7.80. The third-order valence-corrected chi connectivity index (χ3v) is 2.48. The van der Waals surface area contributed by atoms with E-state index in [0.717, 1.165) is 6.42 Å². The first-order chi connectivity index (χ1) is 5.59. The van der Waals surface area contributed by atoms with E-state index in [1.165, 1.54) is 0 Å². The molecule has 0 aliphatic heterocycles. The SMILES string of the molecule is CC(C)C(=O)C[C@@H]1CCC(=O)C1. The van der Waals surface area contributed by atoms with Gasteiger partial charge in [-0.15, -0.1) is 0 Å². The Bertz CT molecular complexity index is 194. The highest BCUT2D eigenvalue weighted by Gasteiger charge is 2.24. The smallest absolute Gasteiger partial charge is 0.135 e. The van der Waals surface area contributed by atoms with Gasteiger partial charge in [-0.25, -0.2) is 0 Å². The van der Waals surface area contributed by atoms with Gasteiger partial charge in [-0.05, 0) is 12.3 Å². The molecule has 0 bridgehead atoms. The summed E-state index contributed by atoms with van der Waals surface area (Å²) in [6.45, 7) is 3.83. The second kappa shape index (κ2) is 3.83. The van der Waals surface area contributed by atoms with Crippen LogP contribution in [0.25, 0.3) is 0 Å². The molecule has 0 aromatic carbocycles. The molecule has 0 saturated heterocycles. The van der Waals surface area contributed by atoms with Crippen molar-refractivity contribution in [3.63, 3.8) is 0 Å². The molecule has 0 unspecified atom stereocenters. The lowest BCUT2D eigenvalue weighted by molar-refractivity contribution is -0.122. The molecule has 0 amide bonds. The molecule has 68 valence electrons. The van der Waals surface area contributed by atoms with Crippen molar-refractivity contribution in [1.82, 2.24) is 0 Å². The van der Waals surface area contributed by atoms with Crippen LogP contribution in [-0.4, -0.2) is 11.6 Å². The predicted octanol–water partition coefficient (Wildman–Crippen LogP) is 1.97.